The van der Waals surface area contributed by atoms with Crippen LogP contribution in [0.4, 0.5) is 4.79 Å². The van der Waals surface area contributed by atoms with E-state index in [2.05, 4.69) is 10.6 Å². The molecule has 0 aromatic carbocycles. The third-order valence-electron chi connectivity index (χ3n) is 4.92. The van der Waals surface area contributed by atoms with Gasteiger partial charge in [0.15, 0.2) is 0 Å². The van der Waals surface area contributed by atoms with E-state index in [1.807, 2.05) is 27.7 Å². The lowest BCUT2D eigenvalue weighted by Crippen LogP contribution is -2.54. The van der Waals surface area contributed by atoms with Crippen molar-refractivity contribution in [1.29, 1.82) is 0 Å². The van der Waals surface area contributed by atoms with Gasteiger partial charge < -0.3 is 20.5 Å². The van der Waals surface area contributed by atoms with Gasteiger partial charge in [-0.3, -0.25) is 0 Å². The zero-order chi connectivity index (χ0) is 16.4. The average molecular weight is 312 g/mol. The van der Waals surface area contributed by atoms with E-state index in [0.717, 1.165) is 12.8 Å². The van der Waals surface area contributed by atoms with Crippen LogP contribution in [0, 0.1) is 5.41 Å². The average Bonchev–Trinajstić information content (AvgIpc) is 2.36. The fourth-order valence-electron chi connectivity index (χ4n) is 3.82. The fourth-order valence-corrected chi connectivity index (χ4v) is 3.82. The zero-order valence-corrected chi connectivity index (χ0v) is 14.4. The Labute approximate surface area is 134 Å². The number of aliphatic hydroxyl groups excluding tert-OH is 1. The number of amides is 1. The third kappa shape index (κ3) is 4.85. The number of hydrogen-bond acceptors (Lipinski definition) is 4. The highest BCUT2D eigenvalue weighted by Crippen LogP contribution is 2.51. The first-order chi connectivity index (χ1) is 10.2. The molecule has 1 spiro atoms. The Morgan fingerprint density at radius 3 is 2.36 bits per heavy atom. The quantitative estimate of drug-likeness (QED) is 0.746. The largest absolute Gasteiger partial charge is 0.444 e. The smallest absolute Gasteiger partial charge is 0.407 e. The second kappa shape index (κ2) is 6.75. The van der Waals surface area contributed by atoms with E-state index in [-0.39, 0.29) is 24.8 Å². The van der Waals surface area contributed by atoms with E-state index in [0.29, 0.717) is 11.5 Å². The molecule has 0 saturated heterocycles. The van der Waals surface area contributed by atoms with Crippen LogP contribution in [0.2, 0.25) is 0 Å². The van der Waals surface area contributed by atoms with Gasteiger partial charge in [-0.1, -0.05) is 0 Å². The molecule has 1 atom stereocenters. The van der Waals surface area contributed by atoms with Crippen molar-refractivity contribution >= 4 is 6.09 Å². The van der Waals surface area contributed by atoms with Gasteiger partial charge in [-0.25, -0.2) is 4.79 Å². The number of alkyl carbamates (subject to hydrolysis) is 1. The van der Waals surface area contributed by atoms with E-state index in [9.17, 15) is 4.79 Å². The summed E-state index contributed by atoms with van der Waals surface area (Å²) in [4.78, 5) is 11.8. The van der Waals surface area contributed by atoms with E-state index < -0.39 is 5.60 Å². The van der Waals surface area contributed by atoms with Crippen LogP contribution in [0.25, 0.3) is 0 Å². The molecule has 0 aliphatic heterocycles. The monoisotopic (exact) mass is 312 g/mol. The normalized spacial score (nSPS) is 33.1. The SMILES string of the molecule is C[C@H](CO)NC1CC2(CCC(NC(=O)OC(C)(C)C)CC2)C1. The molecule has 22 heavy (non-hydrogen) atoms. The van der Waals surface area contributed by atoms with Crippen LogP contribution >= 0.6 is 0 Å². The first-order valence-corrected chi connectivity index (χ1v) is 8.58. The summed E-state index contributed by atoms with van der Waals surface area (Å²) in [6, 6.07) is 0.994. The Bertz CT molecular complexity index is 376. The Balaban J connectivity index is 1.68. The lowest BCUT2D eigenvalue weighted by molar-refractivity contribution is 0.0159. The molecule has 0 radical (unpaired) electrons. The van der Waals surface area contributed by atoms with Gasteiger partial charge in [0.2, 0.25) is 0 Å². The molecule has 0 aromatic rings. The Kier molecular flexibility index (Phi) is 5.38. The highest BCUT2D eigenvalue weighted by Gasteiger charge is 2.46. The van der Waals surface area contributed by atoms with Gasteiger partial charge in [-0.2, -0.15) is 0 Å². The van der Waals surface area contributed by atoms with Crippen LogP contribution < -0.4 is 10.6 Å². The molecule has 0 unspecified atom stereocenters. The topological polar surface area (TPSA) is 70.6 Å². The summed E-state index contributed by atoms with van der Waals surface area (Å²) in [5.41, 5.74) is 0.0369. The van der Waals surface area contributed by atoms with Crippen molar-refractivity contribution in [2.45, 2.75) is 89.9 Å². The molecular weight excluding hydrogens is 280 g/mol. The highest BCUT2D eigenvalue weighted by molar-refractivity contribution is 5.68. The van der Waals surface area contributed by atoms with Crippen LogP contribution in [0.15, 0.2) is 0 Å². The third-order valence-corrected chi connectivity index (χ3v) is 4.92. The minimum Gasteiger partial charge on any atom is -0.444 e. The lowest BCUT2D eigenvalue weighted by atomic mass is 9.57. The minimum absolute atomic E-state index is 0.188. The summed E-state index contributed by atoms with van der Waals surface area (Å²) in [7, 11) is 0. The van der Waals surface area contributed by atoms with Crippen molar-refractivity contribution in [2.24, 2.45) is 5.41 Å². The first-order valence-electron chi connectivity index (χ1n) is 8.58. The summed E-state index contributed by atoms with van der Waals surface area (Å²) in [6.07, 6.45) is 6.56. The first kappa shape index (κ1) is 17.5. The summed E-state index contributed by atoms with van der Waals surface area (Å²) in [5.74, 6) is 0. The van der Waals surface area contributed by atoms with Gasteiger partial charge in [0.1, 0.15) is 5.60 Å². The van der Waals surface area contributed by atoms with Crippen molar-refractivity contribution < 1.29 is 14.6 Å². The maximum atomic E-state index is 11.8. The molecule has 2 aliphatic carbocycles. The van der Waals surface area contributed by atoms with Gasteiger partial charge in [0, 0.05) is 18.1 Å². The Morgan fingerprint density at radius 1 is 1.27 bits per heavy atom. The second-order valence-corrected chi connectivity index (χ2v) is 8.28. The number of rotatable bonds is 4. The molecular formula is C17H32N2O3. The molecule has 0 heterocycles. The molecule has 2 saturated carbocycles. The van der Waals surface area contributed by atoms with Crippen LogP contribution in [-0.2, 0) is 4.74 Å². The van der Waals surface area contributed by atoms with E-state index >= 15 is 0 Å². The van der Waals surface area contributed by atoms with E-state index in [1.165, 1.54) is 25.7 Å². The van der Waals surface area contributed by atoms with Gasteiger partial charge in [0.25, 0.3) is 0 Å². The van der Waals surface area contributed by atoms with Crippen LogP contribution in [0.1, 0.15) is 66.2 Å². The van der Waals surface area contributed by atoms with Crippen LogP contribution in [-0.4, -0.2) is 41.5 Å². The molecule has 5 nitrogen and oxygen atoms in total. The van der Waals surface area contributed by atoms with E-state index in [1.54, 1.807) is 0 Å². The van der Waals surface area contributed by atoms with Gasteiger partial charge in [-0.05, 0) is 71.6 Å². The number of carbonyl (C=O) groups excluding carboxylic acids is 1. The molecule has 2 aliphatic rings. The molecule has 3 N–H and O–H groups in total. The Morgan fingerprint density at radius 2 is 1.86 bits per heavy atom. The van der Waals surface area contributed by atoms with Gasteiger partial charge >= 0.3 is 6.09 Å². The number of nitrogens with one attached hydrogen (secondary N) is 2. The maximum Gasteiger partial charge on any atom is 0.407 e. The van der Waals surface area contributed by atoms with Crippen molar-refractivity contribution in [1.82, 2.24) is 10.6 Å². The minimum atomic E-state index is -0.434. The van der Waals surface area contributed by atoms with E-state index in [4.69, 9.17) is 9.84 Å². The number of carbonyl (C=O) groups is 1. The van der Waals surface area contributed by atoms with Crippen LogP contribution in [0.3, 0.4) is 0 Å². The molecule has 2 rings (SSSR count). The highest BCUT2D eigenvalue weighted by atomic mass is 16.6. The number of hydrogen-bond donors (Lipinski definition) is 3. The van der Waals surface area contributed by atoms with Crippen molar-refractivity contribution in [3.8, 4) is 0 Å². The lowest BCUT2D eigenvalue weighted by Gasteiger charge is -2.52. The summed E-state index contributed by atoms with van der Waals surface area (Å²) >= 11 is 0. The zero-order valence-electron chi connectivity index (χ0n) is 14.4. The number of aliphatic hydroxyl groups is 1. The van der Waals surface area contributed by atoms with Crippen molar-refractivity contribution in [3.63, 3.8) is 0 Å². The predicted molar refractivity (Wildman–Crippen MR) is 86.8 cm³/mol. The summed E-state index contributed by atoms with van der Waals surface area (Å²) < 4.78 is 5.32. The van der Waals surface area contributed by atoms with Crippen molar-refractivity contribution in [3.05, 3.63) is 0 Å². The number of ether oxygens (including phenoxy) is 1. The molecule has 128 valence electrons. The molecule has 0 bridgehead atoms. The van der Waals surface area contributed by atoms with Crippen molar-refractivity contribution in [2.75, 3.05) is 6.61 Å². The molecule has 0 aromatic heterocycles. The molecule has 5 heteroatoms. The van der Waals surface area contributed by atoms with Gasteiger partial charge in [0.05, 0.1) is 6.61 Å². The van der Waals surface area contributed by atoms with Gasteiger partial charge in [-0.15, -0.1) is 0 Å². The maximum absolute atomic E-state index is 11.8. The summed E-state index contributed by atoms with van der Waals surface area (Å²) in [5, 5.41) is 15.6. The second-order valence-electron chi connectivity index (χ2n) is 8.28. The van der Waals surface area contributed by atoms with Crippen LogP contribution in [0.5, 0.6) is 0 Å². The predicted octanol–water partition coefficient (Wildman–Crippen LogP) is 2.57. The molecule has 1 amide bonds. The molecule has 2 fully saturated rings. The summed E-state index contributed by atoms with van der Waals surface area (Å²) in [6.45, 7) is 7.88. The standard InChI is InChI=1S/C17H32N2O3/c1-12(11-20)18-14-9-17(10-14)7-5-13(6-8-17)19-15(21)22-16(2,3)4/h12-14,18,20H,5-11H2,1-4H3,(H,19,21)/t12-,13?,14?,17?/m1/s1. The fraction of sp³-hybridized carbons (Fsp3) is 0.941. The Hall–Kier alpha value is -0.810.